The number of carbonyl (C=O) groups excluding carboxylic acids is 2. The molecule has 0 radical (unpaired) electrons. The van der Waals surface area contributed by atoms with E-state index in [4.69, 9.17) is 20.0 Å². The lowest BCUT2D eigenvalue weighted by Crippen LogP contribution is -2.49. The minimum absolute atomic E-state index is 0.237. The average Bonchev–Trinajstić information content (AvgIpc) is 2.82. The number of nitrogens with zero attached hydrogens (tertiary/aromatic N) is 2. The second-order valence-electron chi connectivity index (χ2n) is 7.54. The summed E-state index contributed by atoms with van der Waals surface area (Å²) in [6, 6.07) is 17.0. The van der Waals surface area contributed by atoms with Gasteiger partial charge in [-0.1, -0.05) is 25.5 Å². The molecular weight excluding hydrogens is 420 g/mol. The van der Waals surface area contributed by atoms with Crippen LogP contribution in [0, 0.1) is 22.7 Å². The lowest BCUT2D eigenvalue weighted by Gasteiger charge is -2.23. The Morgan fingerprint density at radius 1 is 0.909 bits per heavy atom. The first kappa shape index (κ1) is 25.2. The summed E-state index contributed by atoms with van der Waals surface area (Å²) in [5, 5.41) is 23.7. The molecule has 2 amide bonds. The zero-order valence-corrected chi connectivity index (χ0v) is 19.0. The van der Waals surface area contributed by atoms with Crippen LogP contribution in [0.3, 0.4) is 0 Å². The van der Waals surface area contributed by atoms with Crippen LogP contribution in [0.2, 0.25) is 0 Å². The molecule has 0 aromatic heterocycles. The van der Waals surface area contributed by atoms with Crippen molar-refractivity contribution in [2.24, 2.45) is 0 Å². The monoisotopic (exact) mass is 448 g/mol. The Labute approximate surface area is 194 Å². The molecule has 3 atom stereocenters. The Balaban J connectivity index is 1.88. The van der Waals surface area contributed by atoms with E-state index in [0.29, 0.717) is 29.0 Å². The van der Waals surface area contributed by atoms with Crippen LogP contribution in [-0.4, -0.2) is 36.6 Å². The molecule has 3 unspecified atom stereocenters. The fourth-order valence-electron chi connectivity index (χ4n) is 3.05. The molecule has 8 nitrogen and oxygen atoms in total. The highest BCUT2D eigenvalue weighted by molar-refractivity contribution is 5.82. The van der Waals surface area contributed by atoms with Gasteiger partial charge in [0.2, 0.25) is 0 Å². The number of carbonyl (C=O) groups is 2. The molecule has 0 saturated heterocycles. The van der Waals surface area contributed by atoms with Crippen molar-refractivity contribution in [3.63, 3.8) is 0 Å². The van der Waals surface area contributed by atoms with Crippen LogP contribution in [0.25, 0.3) is 0 Å². The first-order chi connectivity index (χ1) is 15.9. The van der Waals surface area contributed by atoms with Crippen LogP contribution < -0.4 is 20.1 Å². The molecule has 2 aromatic carbocycles. The Morgan fingerprint density at radius 2 is 1.42 bits per heavy atom. The maximum Gasteiger partial charge on any atom is 0.261 e. The third-order valence-electron chi connectivity index (χ3n) is 4.80. The minimum Gasteiger partial charge on any atom is -0.481 e. The molecule has 0 aliphatic carbocycles. The van der Waals surface area contributed by atoms with Crippen LogP contribution in [0.5, 0.6) is 11.5 Å². The fourth-order valence-corrected chi connectivity index (χ4v) is 3.05. The van der Waals surface area contributed by atoms with E-state index in [9.17, 15) is 9.59 Å². The number of benzene rings is 2. The lowest BCUT2D eigenvalue weighted by molar-refractivity contribution is -0.129. The number of hydrogen-bond acceptors (Lipinski definition) is 6. The number of nitrogens with one attached hydrogen (secondary N) is 2. The molecule has 0 aliphatic heterocycles. The molecule has 0 fully saturated rings. The van der Waals surface area contributed by atoms with Gasteiger partial charge >= 0.3 is 0 Å². The third-order valence-corrected chi connectivity index (χ3v) is 4.80. The topological polar surface area (TPSA) is 124 Å². The number of amides is 2. The molecule has 0 aliphatic rings. The summed E-state index contributed by atoms with van der Waals surface area (Å²) >= 11 is 0. The van der Waals surface area contributed by atoms with E-state index in [1.165, 1.54) is 0 Å². The summed E-state index contributed by atoms with van der Waals surface area (Å²) in [4.78, 5) is 25.1. The number of hydrogen-bond donors (Lipinski definition) is 2. The quantitative estimate of drug-likeness (QED) is 0.544. The molecular formula is C25H28N4O4. The van der Waals surface area contributed by atoms with E-state index in [2.05, 4.69) is 10.6 Å². The van der Waals surface area contributed by atoms with E-state index in [1.807, 2.05) is 19.1 Å². The minimum atomic E-state index is -0.774. The van der Waals surface area contributed by atoms with Crippen molar-refractivity contribution >= 4 is 11.8 Å². The van der Waals surface area contributed by atoms with Crippen molar-refractivity contribution < 1.29 is 19.1 Å². The summed E-state index contributed by atoms with van der Waals surface area (Å²) in [5.74, 6) is 0.220. The van der Waals surface area contributed by atoms with Gasteiger partial charge in [-0.2, -0.15) is 10.5 Å². The molecule has 172 valence electrons. The van der Waals surface area contributed by atoms with Crippen LogP contribution in [-0.2, 0) is 9.59 Å². The van der Waals surface area contributed by atoms with Gasteiger partial charge in [0.1, 0.15) is 11.5 Å². The molecule has 0 bridgehead atoms. The zero-order chi connectivity index (χ0) is 24.2. The van der Waals surface area contributed by atoms with Gasteiger partial charge in [0.05, 0.1) is 23.3 Å². The molecule has 2 aromatic rings. The van der Waals surface area contributed by atoms with Crippen LogP contribution in [0.15, 0.2) is 48.5 Å². The summed E-state index contributed by atoms with van der Waals surface area (Å²) in [6.45, 7) is 5.47. The van der Waals surface area contributed by atoms with Gasteiger partial charge in [0, 0.05) is 12.6 Å². The van der Waals surface area contributed by atoms with Gasteiger partial charge in [-0.15, -0.1) is 0 Å². The Kier molecular flexibility index (Phi) is 9.73. The van der Waals surface area contributed by atoms with Crippen LogP contribution in [0.1, 0.15) is 44.7 Å². The van der Waals surface area contributed by atoms with Crippen molar-refractivity contribution in [2.75, 3.05) is 6.54 Å². The second kappa shape index (κ2) is 12.7. The second-order valence-corrected chi connectivity index (χ2v) is 7.54. The summed E-state index contributed by atoms with van der Waals surface area (Å²) in [5.41, 5.74) is 0.892. The van der Waals surface area contributed by atoms with Crippen molar-refractivity contribution in [2.45, 2.75) is 51.9 Å². The first-order valence-electron chi connectivity index (χ1n) is 10.8. The lowest BCUT2D eigenvalue weighted by atomic mass is 10.1. The molecule has 2 rings (SSSR count). The Hall–Kier alpha value is -4.04. The van der Waals surface area contributed by atoms with E-state index >= 15 is 0 Å². The largest absolute Gasteiger partial charge is 0.481 e. The van der Waals surface area contributed by atoms with Crippen LogP contribution >= 0.6 is 0 Å². The summed E-state index contributed by atoms with van der Waals surface area (Å²) in [7, 11) is 0. The van der Waals surface area contributed by atoms with E-state index in [-0.39, 0.29) is 24.4 Å². The van der Waals surface area contributed by atoms with Gasteiger partial charge in [0.15, 0.2) is 12.2 Å². The Bertz CT molecular complexity index is 1040. The molecule has 2 N–H and O–H groups in total. The molecule has 0 saturated carbocycles. The molecule has 0 spiro atoms. The Morgan fingerprint density at radius 3 is 1.91 bits per heavy atom. The number of ether oxygens (including phenoxy) is 2. The van der Waals surface area contributed by atoms with Crippen molar-refractivity contribution in [1.29, 1.82) is 10.5 Å². The van der Waals surface area contributed by atoms with Gasteiger partial charge in [-0.3, -0.25) is 9.59 Å². The van der Waals surface area contributed by atoms with Crippen LogP contribution in [0.4, 0.5) is 0 Å². The normalized spacial score (nSPS) is 12.9. The van der Waals surface area contributed by atoms with E-state index in [1.54, 1.807) is 62.4 Å². The average molecular weight is 449 g/mol. The third kappa shape index (κ3) is 8.19. The van der Waals surface area contributed by atoms with E-state index < -0.39 is 12.2 Å². The molecule has 8 heteroatoms. The predicted octanol–water partition coefficient (Wildman–Crippen LogP) is 3.07. The zero-order valence-electron chi connectivity index (χ0n) is 19.0. The summed E-state index contributed by atoms with van der Waals surface area (Å²) in [6.07, 6.45) is -0.0645. The van der Waals surface area contributed by atoms with Gasteiger partial charge in [-0.05, 0) is 56.7 Å². The standard InChI is InChI=1S/C25H28N4O4/c1-4-7-21(29-25(31)18(3)33-23-11-6-9-20(13-23)15-27)16-28-24(30)17(2)32-22-10-5-8-19(12-22)14-26/h5-6,8-13,17-18,21H,4,7,16H2,1-3H3,(H,28,30)(H,29,31). The number of rotatable bonds is 11. The number of nitriles is 2. The summed E-state index contributed by atoms with van der Waals surface area (Å²) < 4.78 is 11.3. The first-order valence-corrected chi connectivity index (χ1v) is 10.8. The van der Waals surface area contributed by atoms with Gasteiger partial charge < -0.3 is 20.1 Å². The van der Waals surface area contributed by atoms with Crippen molar-refractivity contribution in [3.8, 4) is 23.6 Å². The van der Waals surface area contributed by atoms with E-state index in [0.717, 1.165) is 6.42 Å². The fraction of sp³-hybridized carbons (Fsp3) is 0.360. The van der Waals surface area contributed by atoms with Crippen molar-refractivity contribution in [1.82, 2.24) is 10.6 Å². The SMILES string of the molecule is CCCC(CNC(=O)C(C)Oc1cccc(C#N)c1)NC(=O)C(C)Oc1cccc(C#N)c1. The highest BCUT2D eigenvalue weighted by Crippen LogP contribution is 2.15. The highest BCUT2D eigenvalue weighted by atomic mass is 16.5. The molecule has 33 heavy (non-hydrogen) atoms. The molecule has 0 heterocycles. The maximum absolute atomic E-state index is 12.6. The van der Waals surface area contributed by atoms with Crippen molar-refractivity contribution in [3.05, 3.63) is 59.7 Å². The van der Waals surface area contributed by atoms with Gasteiger partial charge in [0.25, 0.3) is 11.8 Å². The predicted molar refractivity (Wildman–Crippen MR) is 122 cm³/mol. The smallest absolute Gasteiger partial charge is 0.261 e. The maximum atomic E-state index is 12.6. The highest BCUT2D eigenvalue weighted by Gasteiger charge is 2.21. The van der Waals surface area contributed by atoms with Gasteiger partial charge in [-0.25, -0.2) is 0 Å².